The highest BCUT2D eigenvalue weighted by Gasteiger charge is 2.22. The Balaban J connectivity index is 1.41. The highest BCUT2D eigenvalue weighted by atomic mass is 15.3. The van der Waals surface area contributed by atoms with Gasteiger partial charge in [-0.05, 0) is 49.2 Å². The average Bonchev–Trinajstić information content (AvgIpc) is 3.38. The van der Waals surface area contributed by atoms with Crippen LogP contribution in [0, 0.1) is 0 Å². The summed E-state index contributed by atoms with van der Waals surface area (Å²) in [5, 5.41) is 11.7. The molecule has 0 saturated heterocycles. The highest BCUT2D eigenvalue weighted by Crippen LogP contribution is 2.34. The minimum absolute atomic E-state index is 0.553. The third-order valence-electron chi connectivity index (χ3n) is 6.84. The molecule has 154 valence electrons. The molecular weight excluding hydrogens is 380 g/mol. The smallest absolute Gasteiger partial charge is 0.163 e. The van der Waals surface area contributed by atoms with Crippen LogP contribution in [0.4, 0.5) is 0 Å². The van der Waals surface area contributed by atoms with Crippen LogP contribution in [0.25, 0.3) is 38.9 Å². The van der Waals surface area contributed by atoms with E-state index in [-0.39, 0.29) is 0 Å². The molecule has 6 rings (SSSR count). The summed E-state index contributed by atoms with van der Waals surface area (Å²) >= 11 is 0. The van der Waals surface area contributed by atoms with E-state index >= 15 is 0 Å². The normalized spacial score (nSPS) is 15.1. The van der Waals surface area contributed by atoms with Crippen molar-refractivity contribution in [1.29, 1.82) is 0 Å². The first kappa shape index (κ1) is 18.4. The zero-order chi connectivity index (χ0) is 20.8. The van der Waals surface area contributed by atoms with Crippen molar-refractivity contribution in [2.24, 2.45) is 7.05 Å². The number of benzene rings is 3. The van der Waals surface area contributed by atoms with Gasteiger partial charge in [0, 0.05) is 35.0 Å². The summed E-state index contributed by atoms with van der Waals surface area (Å²) in [7, 11) is 2.11. The van der Waals surface area contributed by atoms with Gasteiger partial charge in [-0.15, -0.1) is 10.2 Å². The summed E-state index contributed by atoms with van der Waals surface area (Å²) in [6.07, 6.45) is 6.43. The van der Waals surface area contributed by atoms with E-state index in [1.165, 1.54) is 53.9 Å². The van der Waals surface area contributed by atoms with Crippen molar-refractivity contribution >= 4 is 21.8 Å². The van der Waals surface area contributed by atoms with E-state index in [2.05, 4.69) is 99.2 Å². The molecule has 1 aliphatic rings. The predicted molar refractivity (Wildman–Crippen MR) is 127 cm³/mol. The number of fused-ring (bicyclic) bond motifs is 3. The Hall–Kier alpha value is -3.40. The SMILES string of the molecule is Cn1c(-c2ccc(-n3c4ccccc4c4ccccc43)cc2)nnc1C1CCCCC1. The van der Waals surface area contributed by atoms with Crippen molar-refractivity contribution < 1.29 is 0 Å². The molecule has 2 aromatic heterocycles. The fourth-order valence-electron chi connectivity index (χ4n) is 5.27. The molecule has 3 aromatic carbocycles. The van der Waals surface area contributed by atoms with Gasteiger partial charge in [0.05, 0.1) is 11.0 Å². The van der Waals surface area contributed by atoms with Crippen molar-refractivity contribution in [3.63, 3.8) is 0 Å². The van der Waals surface area contributed by atoms with Crippen LogP contribution in [-0.2, 0) is 7.05 Å². The summed E-state index contributed by atoms with van der Waals surface area (Å²) in [6.45, 7) is 0. The number of hydrogen-bond acceptors (Lipinski definition) is 2. The molecule has 0 aliphatic heterocycles. The molecule has 0 unspecified atom stereocenters. The van der Waals surface area contributed by atoms with Crippen molar-refractivity contribution in [3.05, 3.63) is 78.6 Å². The Bertz CT molecular complexity index is 1310. The minimum Gasteiger partial charge on any atom is -0.314 e. The molecule has 1 saturated carbocycles. The van der Waals surface area contributed by atoms with Gasteiger partial charge in [-0.1, -0.05) is 55.7 Å². The molecular formula is C27H26N4. The lowest BCUT2D eigenvalue weighted by Gasteiger charge is -2.20. The number of aromatic nitrogens is 4. The second kappa shape index (κ2) is 7.38. The van der Waals surface area contributed by atoms with Gasteiger partial charge in [-0.25, -0.2) is 0 Å². The first-order valence-corrected chi connectivity index (χ1v) is 11.3. The number of hydrogen-bond donors (Lipinski definition) is 0. The topological polar surface area (TPSA) is 35.6 Å². The molecule has 31 heavy (non-hydrogen) atoms. The number of para-hydroxylation sites is 2. The third-order valence-corrected chi connectivity index (χ3v) is 6.84. The molecule has 1 aliphatic carbocycles. The number of nitrogens with zero attached hydrogens (tertiary/aromatic N) is 4. The summed E-state index contributed by atoms with van der Waals surface area (Å²) in [5.41, 5.74) is 4.74. The van der Waals surface area contributed by atoms with E-state index < -0.39 is 0 Å². The Kier molecular flexibility index (Phi) is 4.37. The van der Waals surface area contributed by atoms with E-state index in [9.17, 15) is 0 Å². The molecule has 0 atom stereocenters. The maximum Gasteiger partial charge on any atom is 0.163 e. The average molecular weight is 407 g/mol. The van der Waals surface area contributed by atoms with Crippen LogP contribution in [-0.4, -0.2) is 19.3 Å². The second-order valence-corrected chi connectivity index (χ2v) is 8.69. The monoisotopic (exact) mass is 406 g/mol. The summed E-state index contributed by atoms with van der Waals surface area (Å²) < 4.78 is 4.55. The molecule has 4 nitrogen and oxygen atoms in total. The fraction of sp³-hybridized carbons (Fsp3) is 0.259. The van der Waals surface area contributed by atoms with Crippen molar-refractivity contribution in [2.45, 2.75) is 38.0 Å². The zero-order valence-electron chi connectivity index (χ0n) is 17.8. The molecule has 0 bridgehead atoms. The first-order valence-electron chi connectivity index (χ1n) is 11.3. The van der Waals surface area contributed by atoms with Gasteiger partial charge in [0.15, 0.2) is 5.82 Å². The summed E-state index contributed by atoms with van der Waals surface area (Å²) in [5.74, 6) is 2.65. The maximum absolute atomic E-state index is 4.58. The van der Waals surface area contributed by atoms with Crippen LogP contribution in [0.15, 0.2) is 72.8 Å². The molecule has 1 fully saturated rings. The molecule has 0 N–H and O–H groups in total. The number of rotatable bonds is 3. The van der Waals surface area contributed by atoms with Crippen LogP contribution in [0.1, 0.15) is 43.8 Å². The van der Waals surface area contributed by atoms with Crippen LogP contribution in [0.3, 0.4) is 0 Å². The van der Waals surface area contributed by atoms with Crippen molar-refractivity contribution in [1.82, 2.24) is 19.3 Å². The molecule has 0 amide bonds. The van der Waals surface area contributed by atoms with Crippen LogP contribution in [0.2, 0.25) is 0 Å². The molecule has 4 heteroatoms. The standard InChI is InChI=1S/C27H26N4/c1-30-26(19-9-3-2-4-10-19)28-29-27(30)20-15-17-21(18-16-20)31-24-13-7-5-11-22(24)23-12-6-8-14-25(23)31/h5-8,11-19H,2-4,9-10H2,1H3. The predicted octanol–water partition coefficient (Wildman–Crippen LogP) is 6.63. The first-order chi connectivity index (χ1) is 15.3. The van der Waals surface area contributed by atoms with Gasteiger partial charge in [0.1, 0.15) is 5.82 Å². The van der Waals surface area contributed by atoms with Gasteiger partial charge in [-0.3, -0.25) is 0 Å². The van der Waals surface area contributed by atoms with E-state index in [4.69, 9.17) is 0 Å². The zero-order valence-corrected chi connectivity index (χ0v) is 17.8. The van der Waals surface area contributed by atoms with Crippen LogP contribution < -0.4 is 0 Å². The van der Waals surface area contributed by atoms with Gasteiger partial charge < -0.3 is 9.13 Å². The van der Waals surface area contributed by atoms with Crippen LogP contribution >= 0.6 is 0 Å². The third kappa shape index (κ3) is 2.97. The lowest BCUT2D eigenvalue weighted by atomic mass is 9.89. The van der Waals surface area contributed by atoms with E-state index in [1.54, 1.807) is 0 Å². The quantitative estimate of drug-likeness (QED) is 0.337. The van der Waals surface area contributed by atoms with Crippen LogP contribution in [0.5, 0.6) is 0 Å². The largest absolute Gasteiger partial charge is 0.314 e. The van der Waals surface area contributed by atoms with Gasteiger partial charge >= 0.3 is 0 Å². The second-order valence-electron chi connectivity index (χ2n) is 8.69. The Morgan fingerprint density at radius 2 is 1.32 bits per heavy atom. The van der Waals surface area contributed by atoms with Gasteiger partial charge in [-0.2, -0.15) is 0 Å². The Labute approximate surface area is 182 Å². The van der Waals surface area contributed by atoms with E-state index in [1.807, 2.05) is 0 Å². The van der Waals surface area contributed by atoms with E-state index in [0.717, 1.165) is 22.9 Å². The molecule has 0 spiro atoms. The fourth-order valence-corrected chi connectivity index (χ4v) is 5.27. The lowest BCUT2D eigenvalue weighted by molar-refractivity contribution is 0.421. The summed E-state index contributed by atoms with van der Waals surface area (Å²) in [4.78, 5) is 0. The van der Waals surface area contributed by atoms with Gasteiger partial charge in [0.25, 0.3) is 0 Å². The lowest BCUT2D eigenvalue weighted by Crippen LogP contribution is -2.10. The molecule has 5 aromatic rings. The van der Waals surface area contributed by atoms with Crippen molar-refractivity contribution in [2.75, 3.05) is 0 Å². The molecule has 2 heterocycles. The van der Waals surface area contributed by atoms with Gasteiger partial charge in [0.2, 0.25) is 0 Å². The van der Waals surface area contributed by atoms with Crippen molar-refractivity contribution in [3.8, 4) is 17.1 Å². The Morgan fingerprint density at radius 3 is 1.97 bits per heavy atom. The maximum atomic E-state index is 4.58. The molecule has 0 radical (unpaired) electrons. The summed E-state index contributed by atoms with van der Waals surface area (Å²) in [6, 6.07) is 26.0. The Morgan fingerprint density at radius 1 is 0.710 bits per heavy atom. The highest BCUT2D eigenvalue weighted by molar-refractivity contribution is 6.09. The minimum atomic E-state index is 0.553. The van der Waals surface area contributed by atoms with E-state index in [0.29, 0.717) is 5.92 Å².